The van der Waals surface area contributed by atoms with E-state index in [-0.39, 0.29) is 12.5 Å². The van der Waals surface area contributed by atoms with Crippen LogP contribution in [0.25, 0.3) is 5.69 Å². The Bertz CT molecular complexity index is 900. The average Bonchev–Trinajstić information content (AvgIpc) is 3.29. The zero-order chi connectivity index (χ0) is 17.8. The molecule has 0 saturated carbocycles. The summed E-state index contributed by atoms with van der Waals surface area (Å²) in [6.07, 6.45) is 3.28. The Morgan fingerprint density at radius 3 is 2.60 bits per heavy atom. The molecule has 6 nitrogen and oxygen atoms in total. The molecular weight excluding hydrogens is 316 g/mol. The molecule has 0 fully saturated rings. The first-order chi connectivity index (χ1) is 12.1. The minimum absolute atomic E-state index is 0.265. The van der Waals surface area contributed by atoms with E-state index in [4.69, 9.17) is 4.42 Å². The Morgan fingerprint density at radius 2 is 2.00 bits per heavy atom. The van der Waals surface area contributed by atoms with E-state index < -0.39 is 0 Å². The maximum atomic E-state index is 12.6. The van der Waals surface area contributed by atoms with Gasteiger partial charge in [0.25, 0.3) is 5.91 Å². The van der Waals surface area contributed by atoms with Crippen LogP contribution in [0.3, 0.4) is 0 Å². The lowest BCUT2D eigenvalue weighted by Gasteiger charge is -2.14. The zero-order valence-electron chi connectivity index (χ0n) is 14.1. The number of carbonyl (C=O) groups excluding carboxylic acids is 1. The Balaban J connectivity index is 1.89. The number of hydrogen-bond acceptors (Lipinski definition) is 4. The van der Waals surface area contributed by atoms with Gasteiger partial charge in [-0.2, -0.15) is 5.26 Å². The van der Waals surface area contributed by atoms with Crippen LogP contribution in [0, 0.1) is 11.3 Å². The molecule has 25 heavy (non-hydrogen) atoms. The molecule has 0 aliphatic heterocycles. The maximum Gasteiger partial charge on any atom is 0.270 e. The van der Waals surface area contributed by atoms with Gasteiger partial charge >= 0.3 is 0 Å². The van der Waals surface area contributed by atoms with Crippen LogP contribution in [0.2, 0.25) is 0 Å². The van der Waals surface area contributed by atoms with Crippen molar-refractivity contribution in [2.45, 2.75) is 6.54 Å². The van der Waals surface area contributed by atoms with Gasteiger partial charge in [0.2, 0.25) is 0 Å². The van der Waals surface area contributed by atoms with Gasteiger partial charge < -0.3 is 19.2 Å². The first-order valence-corrected chi connectivity index (χ1v) is 7.80. The van der Waals surface area contributed by atoms with E-state index in [0.717, 1.165) is 11.4 Å². The van der Waals surface area contributed by atoms with Crippen molar-refractivity contribution < 1.29 is 9.21 Å². The number of hydrogen-bond donors (Lipinski definition) is 1. The summed E-state index contributed by atoms with van der Waals surface area (Å²) in [5, 5.41) is 12.1. The van der Waals surface area contributed by atoms with Crippen LogP contribution < -0.4 is 10.2 Å². The molecule has 1 amide bonds. The van der Waals surface area contributed by atoms with Crippen LogP contribution in [0.15, 0.2) is 59.3 Å². The number of benzene rings is 1. The lowest BCUT2D eigenvalue weighted by molar-refractivity contribution is 0.0941. The summed E-state index contributed by atoms with van der Waals surface area (Å²) >= 11 is 0. The summed E-state index contributed by atoms with van der Waals surface area (Å²) < 4.78 is 6.93. The van der Waals surface area contributed by atoms with Crippen LogP contribution in [-0.4, -0.2) is 24.6 Å². The number of nitrogens with one attached hydrogen (secondary N) is 1. The molecule has 2 aromatic heterocycles. The van der Waals surface area contributed by atoms with Crippen molar-refractivity contribution in [3.63, 3.8) is 0 Å². The van der Waals surface area contributed by atoms with E-state index in [0.29, 0.717) is 17.0 Å². The van der Waals surface area contributed by atoms with Gasteiger partial charge in [-0.1, -0.05) is 0 Å². The molecule has 1 aromatic carbocycles. The largest absolute Gasteiger partial charge is 0.467 e. The molecule has 0 radical (unpaired) electrons. The SMILES string of the molecule is CN(C)c1ccc(-n2ccc(C#N)c2C(=O)NCc2ccco2)cc1. The van der Waals surface area contributed by atoms with Crippen molar-refractivity contribution in [3.8, 4) is 11.8 Å². The van der Waals surface area contributed by atoms with Crippen molar-refractivity contribution in [3.05, 3.63) is 71.9 Å². The fourth-order valence-corrected chi connectivity index (χ4v) is 2.55. The number of anilines is 1. The molecule has 6 heteroatoms. The molecule has 0 aliphatic carbocycles. The number of carbonyl (C=O) groups is 1. The molecule has 0 saturated heterocycles. The van der Waals surface area contributed by atoms with Crippen LogP contribution >= 0.6 is 0 Å². The third kappa shape index (κ3) is 3.40. The third-order valence-corrected chi connectivity index (χ3v) is 3.87. The van der Waals surface area contributed by atoms with Crippen LogP contribution in [0.4, 0.5) is 5.69 Å². The van der Waals surface area contributed by atoms with Crippen molar-refractivity contribution in [1.82, 2.24) is 9.88 Å². The fourth-order valence-electron chi connectivity index (χ4n) is 2.55. The number of aromatic nitrogens is 1. The predicted octanol–water partition coefficient (Wildman–Crippen LogP) is 2.94. The summed E-state index contributed by atoms with van der Waals surface area (Å²) in [6.45, 7) is 0.265. The van der Waals surface area contributed by atoms with Crippen LogP contribution in [0.5, 0.6) is 0 Å². The summed E-state index contributed by atoms with van der Waals surface area (Å²) in [5.74, 6) is 0.329. The van der Waals surface area contributed by atoms with Crippen molar-refractivity contribution in [2.75, 3.05) is 19.0 Å². The number of nitrogens with zero attached hydrogens (tertiary/aromatic N) is 3. The van der Waals surface area contributed by atoms with Gasteiger partial charge in [-0.05, 0) is 42.5 Å². The van der Waals surface area contributed by atoms with Crippen molar-refractivity contribution >= 4 is 11.6 Å². The molecule has 1 N–H and O–H groups in total. The van der Waals surface area contributed by atoms with Gasteiger partial charge in [0.05, 0.1) is 18.4 Å². The third-order valence-electron chi connectivity index (χ3n) is 3.87. The van der Waals surface area contributed by atoms with Gasteiger partial charge in [-0.25, -0.2) is 0 Å². The highest BCUT2D eigenvalue weighted by atomic mass is 16.3. The summed E-state index contributed by atoms with van der Waals surface area (Å²) in [7, 11) is 3.93. The van der Waals surface area contributed by atoms with Gasteiger partial charge in [-0.15, -0.1) is 0 Å². The molecular formula is C19H18N4O2. The molecule has 0 bridgehead atoms. The summed E-state index contributed by atoms with van der Waals surface area (Å²) in [6, 6.07) is 15.0. The Labute approximate surface area is 145 Å². The highest BCUT2D eigenvalue weighted by Gasteiger charge is 2.18. The highest BCUT2D eigenvalue weighted by molar-refractivity contribution is 5.95. The van der Waals surface area contributed by atoms with Crippen LogP contribution in [-0.2, 0) is 6.54 Å². The van der Waals surface area contributed by atoms with Crippen LogP contribution in [0.1, 0.15) is 21.8 Å². The van der Waals surface area contributed by atoms with E-state index in [1.165, 1.54) is 0 Å². The number of rotatable bonds is 5. The Kier molecular flexibility index (Phi) is 4.57. The molecule has 0 aliphatic rings. The minimum atomic E-state index is -0.324. The first kappa shape index (κ1) is 16.4. The van der Waals surface area contributed by atoms with Gasteiger partial charge in [0, 0.05) is 31.7 Å². The lowest BCUT2D eigenvalue weighted by atomic mass is 10.2. The number of nitriles is 1. The highest BCUT2D eigenvalue weighted by Crippen LogP contribution is 2.20. The molecule has 0 unspecified atom stereocenters. The smallest absolute Gasteiger partial charge is 0.270 e. The second-order valence-corrected chi connectivity index (χ2v) is 5.73. The fraction of sp³-hybridized carbons (Fsp3) is 0.158. The topological polar surface area (TPSA) is 74.2 Å². The second-order valence-electron chi connectivity index (χ2n) is 5.73. The normalized spacial score (nSPS) is 10.3. The Hall–Kier alpha value is -3.46. The summed E-state index contributed by atoms with van der Waals surface area (Å²) in [5.41, 5.74) is 2.51. The van der Waals surface area contributed by atoms with E-state index in [1.807, 2.05) is 43.3 Å². The van der Waals surface area contributed by atoms with Gasteiger partial charge in [0.15, 0.2) is 0 Å². The maximum absolute atomic E-state index is 12.6. The standard InChI is InChI=1S/C19H18N4O2/c1-22(2)15-5-7-16(8-6-15)23-10-9-14(12-20)18(23)19(24)21-13-17-4-3-11-25-17/h3-11H,13H2,1-2H3,(H,21,24). The predicted molar refractivity (Wildman–Crippen MR) is 94.7 cm³/mol. The molecule has 0 spiro atoms. The van der Waals surface area contributed by atoms with Gasteiger partial charge in [-0.3, -0.25) is 4.79 Å². The van der Waals surface area contributed by atoms with Gasteiger partial charge in [0.1, 0.15) is 17.5 Å². The average molecular weight is 334 g/mol. The lowest BCUT2D eigenvalue weighted by Crippen LogP contribution is -2.25. The molecule has 2 heterocycles. The molecule has 3 aromatic rings. The van der Waals surface area contributed by atoms with E-state index in [1.54, 1.807) is 35.2 Å². The Morgan fingerprint density at radius 1 is 1.24 bits per heavy atom. The quantitative estimate of drug-likeness (QED) is 0.778. The molecule has 0 atom stereocenters. The molecule has 3 rings (SSSR count). The first-order valence-electron chi connectivity index (χ1n) is 7.80. The van der Waals surface area contributed by atoms with Crippen molar-refractivity contribution in [2.24, 2.45) is 0 Å². The number of amides is 1. The van der Waals surface area contributed by atoms with E-state index >= 15 is 0 Å². The number of furan rings is 1. The van der Waals surface area contributed by atoms with Crippen molar-refractivity contribution in [1.29, 1.82) is 5.26 Å². The zero-order valence-corrected chi connectivity index (χ0v) is 14.1. The second kappa shape index (κ2) is 6.97. The summed E-state index contributed by atoms with van der Waals surface area (Å²) in [4.78, 5) is 14.6. The van der Waals surface area contributed by atoms with E-state index in [9.17, 15) is 10.1 Å². The monoisotopic (exact) mass is 334 g/mol. The van der Waals surface area contributed by atoms with E-state index in [2.05, 4.69) is 11.4 Å². The molecule has 126 valence electrons. The minimum Gasteiger partial charge on any atom is -0.467 e.